The lowest BCUT2D eigenvalue weighted by atomic mass is 9.93. The van der Waals surface area contributed by atoms with Gasteiger partial charge in [0.25, 0.3) is 0 Å². The summed E-state index contributed by atoms with van der Waals surface area (Å²) in [5, 5.41) is 7.48. The van der Waals surface area contributed by atoms with E-state index in [-0.39, 0.29) is 6.04 Å². The van der Waals surface area contributed by atoms with Gasteiger partial charge in [0.2, 0.25) is 0 Å². The van der Waals surface area contributed by atoms with E-state index < -0.39 is 0 Å². The number of aryl methyl sites for hydroxylation is 1. The molecule has 0 spiro atoms. The van der Waals surface area contributed by atoms with Crippen LogP contribution < -0.4 is 10.6 Å². The zero-order valence-electron chi connectivity index (χ0n) is 17.2. The summed E-state index contributed by atoms with van der Waals surface area (Å²) < 4.78 is 0. The lowest BCUT2D eigenvalue weighted by Gasteiger charge is -2.26. The van der Waals surface area contributed by atoms with E-state index in [9.17, 15) is 0 Å². The maximum Gasteiger partial charge on any atom is 0.171 e. The smallest absolute Gasteiger partial charge is 0.171 e. The van der Waals surface area contributed by atoms with Crippen LogP contribution in [-0.4, -0.2) is 5.11 Å². The van der Waals surface area contributed by atoms with Gasteiger partial charge in [-0.15, -0.1) is 11.8 Å². The third-order valence-electron chi connectivity index (χ3n) is 4.84. The molecule has 29 heavy (non-hydrogen) atoms. The van der Waals surface area contributed by atoms with Gasteiger partial charge >= 0.3 is 0 Å². The predicted molar refractivity (Wildman–Crippen MR) is 131 cm³/mol. The number of hydrogen-bond acceptors (Lipinski definition) is 2. The molecule has 1 atom stereocenters. The highest BCUT2D eigenvalue weighted by Gasteiger charge is 2.18. The number of rotatable bonds is 7. The quantitative estimate of drug-likeness (QED) is 0.318. The van der Waals surface area contributed by atoms with Gasteiger partial charge in [0.1, 0.15) is 0 Å². The molecule has 0 fully saturated rings. The van der Waals surface area contributed by atoms with Crippen molar-refractivity contribution in [1.29, 1.82) is 0 Å². The highest BCUT2D eigenvalue weighted by molar-refractivity contribution is 7.98. The fraction of sp³-hybridized carbons (Fsp3) is 0.240. The molecule has 3 aromatic carbocycles. The molecule has 0 aliphatic heterocycles. The minimum atomic E-state index is 0.178. The third kappa shape index (κ3) is 6.34. The van der Waals surface area contributed by atoms with Crippen molar-refractivity contribution in [2.24, 2.45) is 5.92 Å². The molecule has 2 nitrogen and oxygen atoms in total. The van der Waals surface area contributed by atoms with Crippen LogP contribution in [0.5, 0.6) is 0 Å². The van der Waals surface area contributed by atoms with Crippen LogP contribution in [0.25, 0.3) is 0 Å². The van der Waals surface area contributed by atoms with Gasteiger partial charge in [-0.2, -0.15) is 0 Å². The van der Waals surface area contributed by atoms with Crippen LogP contribution in [0.4, 0.5) is 5.69 Å². The second-order valence-electron chi connectivity index (χ2n) is 7.48. The number of nitrogens with one attached hydrogen (secondary N) is 2. The van der Waals surface area contributed by atoms with E-state index >= 15 is 0 Å². The highest BCUT2D eigenvalue weighted by atomic mass is 32.2. The van der Waals surface area contributed by atoms with Crippen molar-refractivity contribution < 1.29 is 0 Å². The van der Waals surface area contributed by atoms with Crippen LogP contribution >= 0.6 is 24.0 Å². The first-order valence-corrected chi connectivity index (χ1v) is 11.3. The normalized spacial score (nSPS) is 11.9. The molecule has 0 unspecified atom stereocenters. The second kappa shape index (κ2) is 10.5. The van der Waals surface area contributed by atoms with E-state index in [4.69, 9.17) is 12.2 Å². The molecule has 3 aromatic rings. The number of thioether (sulfide) groups is 1. The molecule has 0 saturated carbocycles. The summed E-state index contributed by atoms with van der Waals surface area (Å²) in [6, 6.07) is 27.6. The summed E-state index contributed by atoms with van der Waals surface area (Å²) >= 11 is 7.44. The first kappa shape index (κ1) is 21.4. The summed E-state index contributed by atoms with van der Waals surface area (Å²) in [5.41, 5.74) is 4.87. The van der Waals surface area contributed by atoms with E-state index in [0.717, 1.165) is 11.4 Å². The van der Waals surface area contributed by atoms with Crippen molar-refractivity contribution in [1.82, 2.24) is 5.32 Å². The van der Waals surface area contributed by atoms with Gasteiger partial charge in [-0.3, -0.25) is 0 Å². The molecular formula is C25H28N2S2. The molecule has 0 aromatic heterocycles. The lowest BCUT2D eigenvalue weighted by molar-refractivity contribution is 0.471. The van der Waals surface area contributed by atoms with Crippen molar-refractivity contribution in [3.63, 3.8) is 0 Å². The molecule has 0 radical (unpaired) electrons. The molecule has 0 bridgehead atoms. The van der Waals surface area contributed by atoms with Gasteiger partial charge in [0, 0.05) is 16.3 Å². The van der Waals surface area contributed by atoms with Gasteiger partial charge in [0.05, 0.1) is 6.04 Å². The minimum absolute atomic E-state index is 0.178. The Balaban J connectivity index is 1.57. The van der Waals surface area contributed by atoms with Crippen molar-refractivity contribution >= 4 is 34.8 Å². The van der Waals surface area contributed by atoms with Gasteiger partial charge in [-0.25, -0.2) is 0 Å². The van der Waals surface area contributed by atoms with E-state index in [1.165, 1.54) is 21.6 Å². The second-order valence-corrected chi connectivity index (χ2v) is 8.93. The molecule has 0 heterocycles. The largest absolute Gasteiger partial charge is 0.355 e. The topological polar surface area (TPSA) is 24.1 Å². The Morgan fingerprint density at radius 1 is 0.897 bits per heavy atom. The molecule has 0 aliphatic carbocycles. The zero-order valence-corrected chi connectivity index (χ0v) is 18.8. The van der Waals surface area contributed by atoms with E-state index in [0.29, 0.717) is 11.0 Å². The Kier molecular flexibility index (Phi) is 7.73. The molecule has 3 rings (SSSR count). The van der Waals surface area contributed by atoms with Gasteiger partial charge in [-0.05, 0) is 66.0 Å². The maximum atomic E-state index is 5.60. The average molecular weight is 421 g/mol. The lowest BCUT2D eigenvalue weighted by Crippen LogP contribution is -2.35. The molecule has 0 amide bonds. The van der Waals surface area contributed by atoms with Crippen molar-refractivity contribution in [2.75, 3.05) is 5.32 Å². The first-order valence-electron chi connectivity index (χ1n) is 9.93. The Bertz CT molecular complexity index is 921. The summed E-state index contributed by atoms with van der Waals surface area (Å²) in [5.74, 6) is 1.38. The number of anilines is 1. The van der Waals surface area contributed by atoms with Gasteiger partial charge < -0.3 is 10.6 Å². The van der Waals surface area contributed by atoms with E-state index in [1.807, 2.05) is 17.8 Å². The molecular weight excluding hydrogens is 392 g/mol. The van der Waals surface area contributed by atoms with Crippen LogP contribution in [-0.2, 0) is 5.75 Å². The average Bonchev–Trinajstić information content (AvgIpc) is 2.73. The summed E-state index contributed by atoms with van der Waals surface area (Å²) in [4.78, 5) is 1.29. The number of benzene rings is 3. The van der Waals surface area contributed by atoms with Gasteiger partial charge in [-0.1, -0.05) is 68.4 Å². The summed E-state index contributed by atoms with van der Waals surface area (Å²) in [7, 11) is 0. The fourth-order valence-corrected chi connectivity index (χ4v) is 4.34. The van der Waals surface area contributed by atoms with Crippen LogP contribution in [0, 0.1) is 12.8 Å². The molecule has 150 valence electrons. The Hall–Kier alpha value is -2.30. The number of thiocarbonyl (C=S) groups is 1. The summed E-state index contributed by atoms with van der Waals surface area (Å²) in [6.45, 7) is 6.58. The number of hydrogen-bond donors (Lipinski definition) is 2. The Morgan fingerprint density at radius 2 is 1.55 bits per heavy atom. The van der Waals surface area contributed by atoms with E-state index in [1.54, 1.807) is 0 Å². The van der Waals surface area contributed by atoms with Crippen LogP contribution in [0.2, 0.25) is 0 Å². The summed E-state index contributed by atoms with van der Waals surface area (Å²) in [6.07, 6.45) is 0. The van der Waals surface area contributed by atoms with E-state index in [2.05, 4.69) is 104 Å². The van der Waals surface area contributed by atoms with Crippen molar-refractivity contribution in [3.05, 3.63) is 95.6 Å². The van der Waals surface area contributed by atoms with Crippen molar-refractivity contribution in [2.45, 2.75) is 37.5 Å². The fourth-order valence-electron chi connectivity index (χ4n) is 3.22. The Morgan fingerprint density at radius 3 is 2.21 bits per heavy atom. The zero-order chi connectivity index (χ0) is 20.6. The third-order valence-corrected chi connectivity index (χ3v) is 6.14. The monoisotopic (exact) mass is 420 g/mol. The predicted octanol–water partition coefficient (Wildman–Crippen LogP) is 6.97. The SMILES string of the molecule is Cc1ccccc1[C@@H](NC(=S)Nc1ccc(CSc2ccccc2)cc1)C(C)C. The Labute approximate surface area is 184 Å². The molecule has 0 aliphatic rings. The first-order chi connectivity index (χ1) is 14.0. The van der Waals surface area contributed by atoms with Crippen LogP contribution in [0.15, 0.2) is 83.8 Å². The van der Waals surface area contributed by atoms with Crippen LogP contribution in [0.3, 0.4) is 0 Å². The molecule has 0 saturated heterocycles. The van der Waals surface area contributed by atoms with Gasteiger partial charge in [0.15, 0.2) is 5.11 Å². The molecule has 4 heteroatoms. The minimum Gasteiger partial charge on any atom is -0.355 e. The van der Waals surface area contributed by atoms with Crippen molar-refractivity contribution in [3.8, 4) is 0 Å². The standard InChI is InChI=1S/C25H28N2S2/c1-18(2)24(23-12-8-7-9-19(23)3)27-25(28)26-21-15-13-20(14-16-21)17-29-22-10-5-4-6-11-22/h4-16,18,24H,17H2,1-3H3,(H2,26,27,28)/t24-/m0/s1. The van der Waals surface area contributed by atoms with Crippen LogP contribution in [0.1, 0.15) is 36.6 Å². The highest BCUT2D eigenvalue weighted by Crippen LogP contribution is 2.25. The maximum absolute atomic E-state index is 5.60. The molecule has 2 N–H and O–H groups in total.